The van der Waals surface area contributed by atoms with E-state index in [0.717, 1.165) is 31.4 Å². The number of ether oxygens (including phenoxy) is 1. The average Bonchev–Trinajstić information content (AvgIpc) is 2.84. The molecule has 0 spiro atoms. The number of alkyl halides is 3. The number of halogens is 7. The zero-order valence-electron chi connectivity index (χ0n) is 20.6. The molecule has 4 rings (SSSR count). The Kier molecular flexibility index (Phi) is 8.29. The van der Waals surface area contributed by atoms with Gasteiger partial charge in [-0.3, -0.25) is 0 Å². The van der Waals surface area contributed by atoms with E-state index in [2.05, 4.69) is 11.7 Å². The fraction of sp³-hybridized carbons (Fsp3) is 0.267. The van der Waals surface area contributed by atoms with Crippen LogP contribution in [0.4, 0.5) is 30.7 Å². The van der Waals surface area contributed by atoms with Crippen LogP contribution in [0.15, 0.2) is 60.7 Å². The summed E-state index contributed by atoms with van der Waals surface area (Å²) in [5, 5.41) is 0.706. The van der Waals surface area contributed by atoms with Crippen molar-refractivity contribution in [1.29, 1.82) is 0 Å². The standard InChI is InChI=1S/C30H25F7O/c1-2-3-4-5-19-15-25(32)28(26(33)16-19)22-11-12-23-21(17-22)10-9-20(29(23)34)8-6-18-7-13-27(24(31)14-18)38-30(35,36)37/h7,9-17H,2-6,8H2,1H3. The number of unbranched alkanes of at least 4 members (excludes halogenated alkanes) is 2. The second kappa shape index (κ2) is 11.5. The molecule has 0 fully saturated rings. The number of benzene rings is 4. The van der Waals surface area contributed by atoms with Gasteiger partial charge in [0.05, 0.1) is 5.56 Å². The Morgan fingerprint density at radius 1 is 0.684 bits per heavy atom. The Labute approximate surface area is 215 Å². The predicted molar refractivity (Wildman–Crippen MR) is 133 cm³/mol. The first-order valence-electron chi connectivity index (χ1n) is 12.3. The van der Waals surface area contributed by atoms with Gasteiger partial charge in [-0.15, -0.1) is 13.2 Å². The van der Waals surface area contributed by atoms with Crippen LogP contribution in [-0.2, 0) is 19.3 Å². The normalized spacial score (nSPS) is 11.8. The molecule has 0 aliphatic carbocycles. The molecule has 0 radical (unpaired) electrons. The van der Waals surface area contributed by atoms with E-state index in [1.165, 1.54) is 42.5 Å². The molecular formula is C30H25F7O. The third-order valence-electron chi connectivity index (χ3n) is 6.40. The van der Waals surface area contributed by atoms with Crippen molar-refractivity contribution >= 4 is 10.8 Å². The molecule has 0 unspecified atom stereocenters. The summed E-state index contributed by atoms with van der Waals surface area (Å²) in [5.41, 5.74) is 1.40. The first-order valence-corrected chi connectivity index (χ1v) is 12.3. The second-order valence-electron chi connectivity index (χ2n) is 9.18. The SMILES string of the molecule is CCCCCc1cc(F)c(-c2ccc3c(F)c(CCc4ccc(OC(F)(F)F)c(F)c4)ccc3c2)c(F)c1. The third kappa shape index (κ3) is 6.47. The van der Waals surface area contributed by atoms with Gasteiger partial charge in [0.1, 0.15) is 17.5 Å². The minimum atomic E-state index is -5.01. The van der Waals surface area contributed by atoms with Crippen molar-refractivity contribution in [3.05, 3.63) is 101 Å². The molecule has 1 nitrogen and oxygen atoms in total. The molecule has 0 saturated heterocycles. The highest BCUT2D eigenvalue weighted by molar-refractivity contribution is 5.88. The molecule has 8 heteroatoms. The maximum Gasteiger partial charge on any atom is 0.573 e. The average molecular weight is 535 g/mol. The van der Waals surface area contributed by atoms with Crippen molar-refractivity contribution in [2.24, 2.45) is 0 Å². The lowest BCUT2D eigenvalue weighted by atomic mass is 9.95. The van der Waals surface area contributed by atoms with Crippen LogP contribution in [0.2, 0.25) is 0 Å². The van der Waals surface area contributed by atoms with Crippen LogP contribution in [0.3, 0.4) is 0 Å². The zero-order valence-corrected chi connectivity index (χ0v) is 20.6. The number of fused-ring (bicyclic) bond motifs is 1. The largest absolute Gasteiger partial charge is 0.573 e. The van der Waals surface area contributed by atoms with Gasteiger partial charge in [0, 0.05) is 5.39 Å². The number of rotatable bonds is 9. The Morgan fingerprint density at radius 2 is 1.39 bits per heavy atom. The minimum absolute atomic E-state index is 0.158. The Morgan fingerprint density at radius 3 is 2.05 bits per heavy atom. The summed E-state index contributed by atoms with van der Waals surface area (Å²) < 4.78 is 99.5. The van der Waals surface area contributed by atoms with Crippen LogP contribution in [0.5, 0.6) is 5.75 Å². The number of aryl methyl sites for hydroxylation is 3. The molecule has 0 aromatic heterocycles. The summed E-state index contributed by atoms with van der Waals surface area (Å²) in [4.78, 5) is 0. The monoisotopic (exact) mass is 534 g/mol. The van der Waals surface area contributed by atoms with Gasteiger partial charge in [0.15, 0.2) is 11.6 Å². The molecule has 4 aromatic carbocycles. The summed E-state index contributed by atoms with van der Waals surface area (Å²) in [6.45, 7) is 2.05. The fourth-order valence-electron chi connectivity index (χ4n) is 4.50. The van der Waals surface area contributed by atoms with Gasteiger partial charge < -0.3 is 4.74 Å². The summed E-state index contributed by atoms with van der Waals surface area (Å²) in [7, 11) is 0. The van der Waals surface area contributed by atoms with Crippen molar-refractivity contribution < 1.29 is 35.5 Å². The fourth-order valence-corrected chi connectivity index (χ4v) is 4.50. The maximum absolute atomic E-state index is 15.2. The Bertz CT molecular complexity index is 1420. The van der Waals surface area contributed by atoms with Gasteiger partial charge in [-0.05, 0) is 83.7 Å². The van der Waals surface area contributed by atoms with Gasteiger partial charge in [0.2, 0.25) is 0 Å². The molecule has 0 heterocycles. The minimum Gasteiger partial charge on any atom is -0.403 e. The molecule has 200 valence electrons. The first-order chi connectivity index (χ1) is 18.1. The van der Waals surface area contributed by atoms with Gasteiger partial charge in [-0.25, -0.2) is 17.6 Å². The van der Waals surface area contributed by atoms with Gasteiger partial charge in [0.25, 0.3) is 0 Å². The van der Waals surface area contributed by atoms with Crippen molar-refractivity contribution in [2.45, 2.75) is 51.8 Å². The molecule has 0 aliphatic heterocycles. The van der Waals surface area contributed by atoms with E-state index in [1.54, 1.807) is 6.07 Å². The van der Waals surface area contributed by atoms with Crippen LogP contribution in [0.25, 0.3) is 21.9 Å². The number of hydrogen-bond donors (Lipinski definition) is 0. The summed E-state index contributed by atoms with van der Waals surface area (Å²) in [6.07, 6.45) is -1.26. The van der Waals surface area contributed by atoms with E-state index in [1.807, 2.05) is 0 Å². The van der Waals surface area contributed by atoms with E-state index in [4.69, 9.17) is 0 Å². The van der Waals surface area contributed by atoms with Gasteiger partial charge >= 0.3 is 6.36 Å². The highest BCUT2D eigenvalue weighted by Crippen LogP contribution is 2.32. The van der Waals surface area contributed by atoms with E-state index in [0.29, 0.717) is 28.5 Å². The maximum atomic E-state index is 15.2. The van der Waals surface area contributed by atoms with Crippen molar-refractivity contribution in [3.8, 4) is 16.9 Å². The third-order valence-corrected chi connectivity index (χ3v) is 6.40. The molecule has 0 amide bonds. The van der Waals surface area contributed by atoms with Gasteiger partial charge in [-0.2, -0.15) is 0 Å². The molecule has 0 saturated carbocycles. The van der Waals surface area contributed by atoms with Crippen molar-refractivity contribution in [2.75, 3.05) is 0 Å². The zero-order chi connectivity index (χ0) is 27.4. The summed E-state index contributed by atoms with van der Waals surface area (Å²) in [6, 6.07) is 13.4. The predicted octanol–water partition coefficient (Wildman–Crippen LogP) is 9.48. The Balaban J connectivity index is 1.53. The second-order valence-corrected chi connectivity index (χ2v) is 9.18. The highest BCUT2D eigenvalue weighted by atomic mass is 19.4. The highest BCUT2D eigenvalue weighted by Gasteiger charge is 2.32. The van der Waals surface area contributed by atoms with Crippen molar-refractivity contribution in [3.63, 3.8) is 0 Å². The lowest BCUT2D eigenvalue weighted by Crippen LogP contribution is -2.18. The molecule has 4 aromatic rings. The molecule has 0 aliphatic rings. The smallest absolute Gasteiger partial charge is 0.403 e. The number of hydrogen-bond acceptors (Lipinski definition) is 1. The summed E-state index contributed by atoms with van der Waals surface area (Å²) in [5.74, 6) is -3.98. The van der Waals surface area contributed by atoms with E-state index in [9.17, 15) is 26.3 Å². The van der Waals surface area contributed by atoms with Gasteiger partial charge in [-0.1, -0.05) is 50.1 Å². The van der Waals surface area contributed by atoms with Crippen molar-refractivity contribution in [1.82, 2.24) is 0 Å². The summed E-state index contributed by atoms with van der Waals surface area (Å²) >= 11 is 0. The molecule has 0 atom stereocenters. The van der Waals surface area contributed by atoms with Crippen LogP contribution in [-0.4, -0.2) is 6.36 Å². The van der Waals surface area contributed by atoms with Crippen LogP contribution < -0.4 is 4.74 Å². The van der Waals surface area contributed by atoms with Crippen LogP contribution in [0, 0.1) is 23.3 Å². The molecule has 0 bridgehead atoms. The van der Waals surface area contributed by atoms with E-state index >= 15 is 4.39 Å². The van der Waals surface area contributed by atoms with E-state index < -0.39 is 35.4 Å². The topological polar surface area (TPSA) is 9.23 Å². The molecule has 38 heavy (non-hydrogen) atoms. The first kappa shape index (κ1) is 27.5. The quantitative estimate of drug-likeness (QED) is 0.154. The molecular weight excluding hydrogens is 509 g/mol. The lowest BCUT2D eigenvalue weighted by molar-refractivity contribution is -0.275. The van der Waals surface area contributed by atoms with Crippen LogP contribution >= 0.6 is 0 Å². The van der Waals surface area contributed by atoms with E-state index in [-0.39, 0.29) is 29.4 Å². The lowest BCUT2D eigenvalue weighted by Gasteiger charge is -2.12. The van der Waals surface area contributed by atoms with Crippen LogP contribution in [0.1, 0.15) is 42.9 Å². The Hall–Kier alpha value is -3.55. The molecule has 0 N–H and O–H groups in total.